The summed E-state index contributed by atoms with van der Waals surface area (Å²) in [6.45, 7) is 1.73. The number of amides is 2. The van der Waals surface area contributed by atoms with Crippen LogP contribution in [-0.2, 0) is 16.1 Å². The van der Waals surface area contributed by atoms with Crippen molar-refractivity contribution in [3.63, 3.8) is 0 Å². The van der Waals surface area contributed by atoms with Gasteiger partial charge in [-0.25, -0.2) is 0 Å². The molecule has 0 spiro atoms. The van der Waals surface area contributed by atoms with Gasteiger partial charge in [0.1, 0.15) is 6.54 Å². The summed E-state index contributed by atoms with van der Waals surface area (Å²) in [7, 11) is 0. The molecule has 2 aliphatic heterocycles. The average molecular weight is 316 g/mol. The molecule has 0 saturated carbocycles. The zero-order valence-electron chi connectivity index (χ0n) is 12.9. The smallest absolute Gasteiger partial charge is 0.303 e. The monoisotopic (exact) mass is 316 g/mol. The fourth-order valence-corrected chi connectivity index (χ4v) is 3.34. The van der Waals surface area contributed by atoms with Gasteiger partial charge >= 0.3 is 5.97 Å². The summed E-state index contributed by atoms with van der Waals surface area (Å²) in [5.41, 5.74) is 1.64. The summed E-state index contributed by atoms with van der Waals surface area (Å²) in [6.07, 6.45) is 1.60. The minimum absolute atomic E-state index is 0.0556. The van der Waals surface area contributed by atoms with Gasteiger partial charge in [-0.15, -0.1) is 0 Å². The lowest BCUT2D eigenvalue weighted by Crippen LogP contribution is -2.44. The highest BCUT2D eigenvalue weighted by molar-refractivity contribution is 6.00. The molecule has 0 atom stereocenters. The average Bonchev–Trinajstić information content (AvgIpc) is 2.84. The van der Waals surface area contributed by atoms with Gasteiger partial charge in [0, 0.05) is 31.6 Å². The summed E-state index contributed by atoms with van der Waals surface area (Å²) in [5, 5.41) is 8.82. The van der Waals surface area contributed by atoms with Gasteiger partial charge in [0.2, 0.25) is 5.91 Å². The molecule has 1 saturated heterocycles. The zero-order chi connectivity index (χ0) is 16.4. The summed E-state index contributed by atoms with van der Waals surface area (Å²) < 4.78 is 0. The van der Waals surface area contributed by atoms with E-state index in [4.69, 9.17) is 5.11 Å². The second-order valence-corrected chi connectivity index (χ2v) is 6.24. The first-order chi connectivity index (χ1) is 11.0. The summed E-state index contributed by atoms with van der Waals surface area (Å²) in [5.74, 6) is -0.779. The minimum atomic E-state index is -0.782. The maximum atomic E-state index is 12.4. The van der Waals surface area contributed by atoms with Gasteiger partial charge in [0.15, 0.2) is 0 Å². The zero-order valence-corrected chi connectivity index (χ0v) is 12.9. The Morgan fingerprint density at radius 1 is 1.17 bits per heavy atom. The first kappa shape index (κ1) is 15.5. The fourth-order valence-electron chi connectivity index (χ4n) is 3.34. The number of fused-ring (bicyclic) bond motifs is 1. The SMILES string of the molecule is O=C(O)CC1CCN(C(=O)CN2Cc3ccccc3C2=O)CC1. The molecule has 2 aliphatic rings. The molecule has 0 bridgehead atoms. The number of nitrogens with zero attached hydrogens (tertiary/aromatic N) is 2. The van der Waals surface area contributed by atoms with E-state index in [2.05, 4.69) is 0 Å². The van der Waals surface area contributed by atoms with Gasteiger partial charge in [-0.1, -0.05) is 18.2 Å². The van der Waals surface area contributed by atoms with Crippen molar-refractivity contribution in [2.75, 3.05) is 19.6 Å². The Morgan fingerprint density at radius 2 is 1.87 bits per heavy atom. The number of carboxylic acid groups (broad SMARTS) is 1. The third-order valence-corrected chi connectivity index (χ3v) is 4.65. The Balaban J connectivity index is 1.53. The van der Waals surface area contributed by atoms with E-state index in [9.17, 15) is 14.4 Å². The molecule has 2 amide bonds. The highest BCUT2D eigenvalue weighted by atomic mass is 16.4. The molecule has 23 heavy (non-hydrogen) atoms. The van der Waals surface area contributed by atoms with Crippen LogP contribution in [0.15, 0.2) is 24.3 Å². The van der Waals surface area contributed by atoms with Crippen molar-refractivity contribution in [2.24, 2.45) is 5.92 Å². The number of rotatable bonds is 4. The van der Waals surface area contributed by atoms with E-state index in [1.807, 2.05) is 18.2 Å². The van der Waals surface area contributed by atoms with E-state index in [1.54, 1.807) is 15.9 Å². The van der Waals surface area contributed by atoms with E-state index in [0.29, 0.717) is 38.0 Å². The number of carbonyl (C=O) groups excluding carboxylic acids is 2. The number of hydrogen-bond donors (Lipinski definition) is 1. The third kappa shape index (κ3) is 3.36. The van der Waals surface area contributed by atoms with Crippen molar-refractivity contribution in [3.8, 4) is 0 Å². The molecule has 0 aromatic heterocycles. The van der Waals surface area contributed by atoms with Crippen LogP contribution in [0.25, 0.3) is 0 Å². The number of piperidine rings is 1. The van der Waals surface area contributed by atoms with Crippen LogP contribution in [0.4, 0.5) is 0 Å². The summed E-state index contributed by atoms with van der Waals surface area (Å²) in [6, 6.07) is 7.43. The quantitative estimate of drug-likeness (QED) is 0.909. The Labute approximate surface area is 134 Å². The molecular weight excluding hydrogens is 296 g/mol. The topological polar surface area (TPSA) is 77.9 Å². The van der Waals surface area contributed by atoms with Gasteiger partial charge in [0.05, 0.1) is 0 Å². The van der Waals surface area contributed by atoms with E-state index >= 15 is 0 Å². The van der Waals surface area contributed by atoms with E-state index < -0.39 is 5.97 Å². The highest BCUT2D eigenvalue weighted by Crippen LogP contribution is 2.24. The van der Waals surface area contributed by atoms with Crippen molar-refractivity contribution in [2.45, 2.75) is 25.8 Å². The van der Waals surface area contributed by atoms with Gasteiger partial charge in [-0.3, -0.25) is 14.4 Å². The number of benzene rings is 1. The van der Waals surface area contributed by atoms with Crippen LogP contribution in [0.2, 0.25) is 0 Å². The molecule has 1 aromatic carbocycles. The normalized spacial score (nSPS) is 18.2. The van der Waals surface area contributed by atoms with Crippen LogP contribution in [-0.4, -0.2) is 52.3 Å². The van der Waals surface area contributed by atoms with Crippen molar-refractivity contribution in [3.05, 3.63) is 35.4 Å². The fraction of sp³-hybridized carbons (Fsp3) is 0.471. The molecule has 0 aliphatic carbocycles. The molecule has 2 heterocycles. The number of likely N-dealkylation sites (tertiary alicyclic amines) is 1. The van der Waals surface area contributed by atoms with Crippen LogP contribution in [0.1, 0.15) is 35.2 Å². The van der Waals surface area contributed by atoms with Crippen LogP contribution >= 0.6 is 0 Å². The predicted octanol–water partition coefficient (Wildman–Crippen LogP) is 1.36. The first-order valence-electron chi connectivity index (χ1n) is 7.91. The van der Waals surface area contributed by atoms with E-state index in [-0.39, 0.29) is 30.7 Å². The molecule has 3 rings (SSSR count). The number of carbonyl (C=O) groups is 3. The molecule has 1 fully saturated rings. The molecule has 6 heteroatoms. The maximum absolute atomic E-state index is 12.4. The number of hydrogen-bond acceptors (Lipinski definition) is 3. The number of carboxylic acids is 1. The highest BCUT2D eigenvalue weighted by Gasteiger charge is 2.31. The Hall–Kier alpha value is -2.37. The Morgan fingerprint density at radius 3 is 2.52 bits per heavy atom. The second kappa shape index (κ2) is 6.40. The predicted molar refractivity (Wildman–Crippen MR) is 82.7 cm³/mol. The lowest BCUT2D eigenvalue weighted by atomic mass is 9.93. The van der Waals surface area contributed by atoms with Crippen LogP contribution in [0.3, 0.4) is 0 Å². The molecule has 0 unspecified atom stereocenters. The largest absolute Gasteiger partial charge is 0.481 e. The van der Waals surface area contributed by atoms with Gasteiger partial charge in [-0.05, 0) is 30.4 Å². The van der Waals surface area contributed by atoms with Gasteiger partial charge in [0.25, 0.3) is 5.91 Å². The minimum Gasteiger partial charge on any atom is -0.481 e. The number of aliphatic carboxylic acids is 1. The third-order valence-electron chi connectivity index (χ3n) is 4.65. The Bertz CT molecular complexity index is 635. The van der Waals surface area contributed by atoms with Crippen LogP contribution in [0, 0.1) is 5.92 Å². The van der Waals surface area contributed by atoms with Crippen molar-refractivity contribution in [1.82, 2.24) is 9.80 Å². The lowest BCUT2D eigenvalue weighted by Gasteiger charge is -2.32. The van der Waals surface area contributed by atoms with Crippen LogP contribution in [0.5, 0.6) is 0 Å². The van der Waals surface area contributed by atoms with Crippen molar-refractivity contribution < 1.29 is 19.5 Å². The first-order valence-corrected chi connectivity index (χ1v) is 7.91. The van der Waals surface area contributed by atoms with Gasteiger partial charge < -0.3 is 14.9 Å². The van der Waals surface area contributed by atoms with Crippen molar-refractivity contribution in [1.29, 1.82) is 0 Å². The molecule has 1 N–H and O–H groups in total. The van der Waals surface area contributed by atoms with Gasteiger partial charge in [-0.2, -0.15) is 0 Å². The summed E-state index contributed by atoms with van der Waals surface area (Å²) >= 11 is 0. The maximum Gasteiger partial charge on any atom is 0.303 e. The molecule has 1 aromatic rings. The summed E-state index contributed by atoms with van der Waals surface area (Å²) in [4.78, 5) is 38.7. The second-order valence-electron chi connectivity index (χ2n) is 6.24. The molecular formula is C17H20N2O4. The van der Waals surface area contributed by atoms with Crippen molar-refractivity contribution >= 4 is 17.8 Å². The molecule has 6 nitrogen and oxygen atoms in total. The molecule has 0 radical (unpaired) electrons. The standard InChI is InChI=1S/C17H20N2O4/c20-15(18-7-5-12(6-8-18)9-16(21)22)11-19-10-13-3-1-2-4-14(13)17(19)23/h1-4,12H,5-11H2,(H,21,22). The Kier molecular flexibility index (Phi) is 4.32. The van der Waals surface area contributed by atoms with Crippen LogP contribution < -0.4 is 0 Å². The lowest BCUT2D eigenvalue weighted by molar-refractivity contribution is -0.138. The van der Waals surface area contributed by atoms with E-state index in [1.165, 1.54) is 0 Å². The molecule has 122 valence electrons. The van der Waals surface area contributed by atoms with E-state index in [0.717, 1.165) is 5.56 Å².